The van der Waals surface area contributed by atoms with Gasteiger partial charge in [0.15, 0.2) is 6.10 Å². The Morgan fingerprint density at radius 1 is 1.26 bits per heavy atom. The number of hydrogen-bond acceptors (Lipinski definition) is 5. The number of nitrogens with one attached hydrogen (secondary N) is 2. The highest BCUT2D eigenvalue weighted by Crippen LogP contribution is 1.98. The molecule has 0 aliphatic carbocycles. The number of imide groups is 1. The number of ether oxygens (including phenoxy) is 1. The van der Waals surface area contributed by atoms with Crippen LogP contribution in [0.5, 0.6) is 0 Å². The topological polar surface area (TPSA) is 106 Å². The minimum absolute atomic E-state index is 0.314. The highest BCUT2D eigenvalue weighted by molar-refractivity contribution is 5.97. The summed E-state index contributed by atoms with van der Waals surface area (Å²) in [6.45, 7) is 6.31. The molecule has 2 N–H and O–H groups in total. The Kier molecular flexibility index (Phi) is 6.06. The van der Waals surface area contributed by atoms with Gasteiger partial charge in [0.1, 0.15) is 6.54 Å². The molecule has 0 aromatic carbocycles. The van der Waals surface area contributed by atoms with Crippen molar-refractivity contribution in [2.75, 3.05) is 0 Å². The lowest BCUT2D eigenvalue weighted by atomic mass is 10.1. The van der Waals surface area contributed by atoms with E-state index in [0.717, 1.165) is 4.57 Å². The van der Waals surface area contributed by atoms with Gasteiger partial charge in [-0.25, -0.2) is 4.79 Å². The van der Waals surface area contributed by atoms with Gasteiger partial charge in [0.05, 0.1) is 0 Å². The maximum atomic E-state index is 11.8. The molecule has 3 amide bonds. The normalized spacial score (nSPS) is 12.2. The Labute approximate surface area is 133 Å². The van der Waals surface area contributed by atoms with Crippen molar-refractivity contribution in [1.29, 1.82) is 0 Å². The number of carbonyl (C=O) groups excluding carboxylic acids is 3. The Morgan fingerprint density at radius 2 is 1.91 bits per heavy atom. The average Bonchev–Trinajstić information content (AvgIpc) is 2.38. The van der Waals surface area contributed by atoms with Gasteiger partial charge in [0, 0.05) is 17.8 Å². The Morgan fingerprint density at radius 3 is 2.48 bits per heavy atom. The number of pyridine rings is 1. The van der Waals surface area contributed by atoms with Crippen molar-refractivity contribution in [2.45, 2.75) is 45.9 Å². The predicted octanol–water partition coefficient (Wildman–Crippen LogP) is 0.404. The van der Waals surface area contributed by atoms with Crippen molar-refractivity contribution in [3.05, 3.63) is 34.7 Å². The average molecular weight is 323 g/mol. The molecule has 0 saturated carbocycles. The van der Waals surface area contributed by atoms with Crippen LogP contribution in [0, 0.1) is 0 Å². The molecular weight excluding hydrogens is 302 g/mol. The fourth-order valence-corrected chi connectivity index (χ4v) is 1.60. The minimum atomic E-state index is -1.16. The molecule has 1 aromatic heterocycles. The summed E-state index contributed by atoms with van der Waals surface area (Å²) in [4.78, 5) is 46.5. The molecule has 0 aliphatic rings. The number of carbonyl (C=O) groups is 3. The third kappa shape index (κ3) is 6.77. The minimum Gasteiger partial charge on any atom is -0.451 e. The number of nitrogens with zero attached hydrogens (tertiary/aromatic N) is 1. The van der Waals surface area contributed by atoms with E-state index in [4.69, 9.17) is 4.74 Å². The van der Waals surface area contributed by atoms with Crippen molar-refractivity contribution in [3.8, 4) is 0 Å². The lowest BCUT2D eigenvalue weighted by molar-refractivity contribution is -0.155. The Bertz CT molecular complexity index is 645. The van der Waals surface area contributed by atoms with Crippen LogP contribution in [-0.2, 0) is 20.9 Å². The third-order valence-electron chi connectivity index (χ3n) is 2.60. The van der Waals surface area contributed by atoms with Gasteiger partial charge in [-0.2, -0.15) is 0 Å². The number of amides is 3. The van der Waals surface area contributed by atoms with Crippen LogP contribution in [0.2, 0.25) is 0 Å². The van der Waals surface area contributed by atoms with Gasteiger partial charge in [-0.3, -0.25) is 19.7 Å². The molecule has 1 heterocycles. The molecule has 8 nitrogen and oxygen atoms in total. The molecular formula is C15H21N3O5. The molecule has 8 heteroatoms. The van der Waals surface area contributed by atoms with E-state index in [-0.39, 0.29) is 12.1 Å². The largest absolute Gasteiger partial charge is 0.451 e. The summed E-state index contributed by atoms with van der Waals surface area (Å²) in [6.07, 6.45) is 0.276. The first kappa shape index (κ1) is 18.4. The van der Waals surface area contributed by atoms with Crippen molar-refractivity contribution in [1.82, 2.24) is 15.2 Å². The molecule has 126 valence electrons. The number of urea groups is 1. The second-order valence-electron chi connectivity index (χ2n) is 5.99. The Hall–Kier alpha value is -2.64. The second kappa shape index (κ2) is 7.57. The molecule has 1 atom stereocenters. The summed E-state index contributed by atoms with van der Waals surface area (Å²) >= 11 is 0. The highest BCUT2D eigenvalue weighted by Gasteiger charge is 2.22. The molecule has 0 spiro atoms. The fourth-order valence-electron chi connectivity index (χ4n) is 1.60. The van der Waals surface area contributed by atoms with Crippen LogP contribution in [0.15, 0.2) is 29.2 Å². The predicted molar refractivity (Wildman–Crippen MR) is 82.7 cm³/mol. The van der Waals surface area contributed by atoms with E-state index in [2.05, 4.69) is 10.6 Å². The quantitative estimate of drug-likeness (QED) is 0.780. The molecule has 0 fully saturated rings. The van der Waals surface area contributed by atoms with E-state index < -0.39 is 29.6 Å². The monoisotopic (exact) mass is 323 g/mol. The smallest absolute Gasteiger partial charge is 0.326 e. The van der Waals surface area contributed by atoms with Gasteiger partial charge in [-0.05, 0) is 33.8 Å². The van der Waals surface area contributed by atoms with E-state index in [1.807, 2.05) is 0 Å². The molecule has 1 aromatic rings. The fraction of sp³-hybridized carbons (Fsp3) is 0.467. The van der Waals surface area contributed by atoms with Crippen molar-refractivity contribution in [3.63, 3.8) is 0 Å². The second-order valence-corrected chi connectivity index (χ2v) is 5.99. The number of esters is 1. The molecule has 0 radical (unpaired) electrons. The van der Waals surface area contributed by atoms with E-state index in [1.165, 1.54) is 19.2 Å². The first-order valence-electron chi connectivity index (χ1n) is 7.06. The van der Waals surface area contributed by atoms with Gasteiger partial charge < -0.3 is 14.6 Å². The summed E-state index contributed by atoms with van der Waals surface area (Å²) in [5, 5.41) is 4.63. The van der Waals surface area contributed by atoms with Crippen LogP contribution in [0.25, 0.3) is 0 Å². The summed E-state index contributed by atoms with van der Waals surface area (Å²) in [6, 6.07) is 3.78. The molecule has 0 unspecified atom stereocenters. The van der Waals surface area contributed by atoms with E-state index in [9.17, 15) is 19.2 Å². The third-order valence-corrected chi connectivity index (χ3v) is 2.60. The maximum absolute atomic E-state index is 11.8. The summed E-state index contributed by atoms with van der Waals surface area (Å²) in [7, 11) is 0. The molecule has 23 heavy (non-hydrogen) atoms. The summed E-state index contributed by atoms with van der Waals surface area (Å²) in [5.74, 6) is -1.50. The van der Waals surface area contributed by atoms with E-state index in [0.29, 0.717) is 0 Å². The lowest BCUT2D eigenvalue weighted by Crippen LogP contribution is -2.50. The maximum Gasteiger partial charge on any atom is 0.326 e. The number of aromatic nitrogens is 1. The first-order chi connectivity index (χ1) is 10.6. The number of hydrogen-bond donors (Lipinski definition) is 2. The summed E-state index contributed by atoms with van der Waals surface area (Å²) < 4.78 is 6.06. The van der Waals surface area contributed by atoms with Gasteiger partial charge in [-0.1, -0.05) is 6.07 Å². The summed E-state index contributed by atoms with van der Waals surface area (Å²) in [5.41, 5.74) is -0.857. The zero-order valence-corrected chi connectivity index (χ0v) is 13.6. The standard InChI is InChI=1S/C15H21N3O5/c1-10(13(21)16-14(22)17-15(2,3)4)23-12(20)9-18-8-6-5-7-11(18)19/h5-8,10H,9H2,1-4H3,(H2,16,17,21,22)/t10-/m1/s1. The van der Waals surface area contributed by atoms with Gasteiger partial charge >= 0.3 is 12.0 Å². The molecule has 0 aliphatic heterocycles. The van der Waals surface area contributed by atoms with E-state index >= 15 is 0 Å². The molecule has 1 rings (SSSR count). The van der Waals surface area contributed by atoms with E-state index in [1.54, 1.807) is 32.9 Å². The van der Waals surface area contributed by atoms with Crippen molar-refractivity contribution >= 4 is 17.9 Å². The van der Waals surface area contributed by atoms with Crippen LogP contribution in [0.1, 0.15) is 27.7 Å². The van der Waals surface area contributed by atoms with Crippen LogP contribution < -0.4 is 16.2 Å². The van der Waals surface area contributed by atoms with Crippen LogP contribution >= 0.6 is 0 Å². The van der Waals surface area contributed by atoms with Gasteiger partial charge in [0.25, 0.3) is 11.5 Å². The van der Waals surface area contributed by atoms with Crippen LogP contribution in [-0.4, -0.2) is 34.1 Å². The SMILES string of the molecule is C[C@@H](OC(=O)Cn1ccccc1=O)C(=O)NC(=O)NC(C)(C)C. The van der Waals surface area contributed by atoms with Crippen molar-refractivity contribution in [2.24, 2.45) is 0 Å². The van der Waals surface area contributed by atoms with Crippen molar-refractivity contribution < 1.29 is 19.1 Å². The zero-order valence-electron chi connectivity index (χ0n) is 13.6. The lowest BCUT2D eigenvalue weighted by Gasteiger charge is -2.21. The molecule has 0 bridgehead atoms. The van der Waals surface area contributed by atoms with Crippen LogP contribution in [0.3, 0.4) is 0 Å². The first-order valence-corrected chi connectivity index (χ1v) is 7.06. The van der Waals surface area contributed by atoms with Crippen LogP contribution in [0.4, 0.5) is 4.79 Å². The number of rotatable bonds is 4. The zero-order chi connectivity index (χ0) is 17.6. The van der Waals surface area contributed by atoms with Gasteiger partial charge in [0.2, 0.25) is 0 Å². The Balaban J connectivity index is 2.52. The van der Waals surface area contributed by atoms with Gasteiger partial charge in [-0.15, -0.1) is 0 Å². The molecule has 0 saturated heterocycles. The highest BCUT2D eigenvalue weighted by atomic mass is 16.5.